The van der Waals surface area contributed by atoms with E-state index in [0.29, 0.717) is 17.5 Å². The molecule has 0 aliphatic rings. The predicted octanol–water partition coefficient (Wildman–Crippen LogP) is 6.09. The van der Waals surface area contributed by atoms with Crippen LogP contribution in [-0.2, 0) is 5.41 Å². The lowest BCUT2D eigenvalue weighted by Crippen LogP contribution is -2.22. The molecule has 0 bridgehead atoms. The third-order valence-corrected chi connectivity index (χ3v) is 4.77. The van der Waals surface area contributed by atoms with Gasteiger partial charge in [-0.05, 0) is 50.2 Å². The van der Waals surface area contributed by atoms with Gasteiger partial charge in [0.1, 0.15) is 5.75 Å². The molecule has 4 aromatic rings. The van der Waals surface area contributed by atoms with E-state index in [1.54, 1.807) is 30.3 Å². The highest BCUT2D eigenvalue weighted by molar-refractivity contribution is 5.41. The van der Waals surface area contributed by atoms with Gasteiger partial charge in [0.2, 0.25) is 11.8 Å². The third kappa shape index (κ3) is 4.25. The minimum atomic E-state index is -0.492. The van der Waals surface area contributed by atoms with Gasteiger partial charge in [-0.25, -0.2) is 9.97 Å². The standard InChI is InChI=1S/C25H22N2O3/c1-25(2,21-14-8-16-23(26-21)29-18-10-4-3-5-11-18)22-15-9-17-24(27-22)30-20-13-7-6-12-19(20)28/h3-17,28H,1-2H3. The summed E-state index contributed by atoms with van der Waals surface area (Å²) in [6, 6.07) is 27.6. The van der Waals surface area contributed by atoms with Crippen LogP contribution in [0.4, 0.5) is 0 Å². The first-order valence-corrected chi connectivity index (χ1v) is 9.66. The molecular formula is C25H22N2O3. The number of hydrogen-bond donors (Lipinski definition) is 1. The minimum absolute atomic E-state index is 0.0661. The molecule has 0 saturated carbocycles. The van der Waals surface area contributed by atoms with Crippen LogP contribution in [-0.4, -0.2) is 15.1 Å². The Balaban J connectivity index is 1.60. The molecule has 0 amide bonds. The third-order valence-electron chi connectivity index (χ3n) is 4.77. The molecule has 1 N–H and O–H groups in total. The number of phenols is 1. The van der Waals surface area contributed by atoms with Crippen molar-refractivity contribution in [1.82, 2.24) is 9.97 Å². The SMILES string of the molecule is CC(C)(c1cccc(Oc2ccccc2)n1)c1cccc(Oc2ccccc2O)n1. The van der Waals surface area contributed by atoms with Crippen LogP contribution in [0.5, 0.6) is 29.0 Å². The second-order valence-electron chi connectivity index (χ2n) is 7.33. The van der Waals surface area contributed by atoms with E-state index in [-0.39, 0.29) is 5.75 Å². The first-order chi connectivity index (χ1) is 14.5. The fourth-order valence-electron chi connectivity index (χ4n) is 3.04. The molecule has 0 atom stereocenters. The van der Waals surface area contributed by atoms with E-state index in [0.717, 1.165) is 17.1 Å². The molecule has 0 aliphatic carbocycles. The van der Waals surface area contributed by atoms with Gasteiger partial charge >= 0.3 is 0 Å². The Morgan fingerprint density at radius 2 is 1.20 bits per heavy atom. The van der Waals surface area contributed by atoms with Crippen LogP contribution in [0.2, 0.25) is 0 Å². The summed E-state index contributed by atoms with van der Waals surface area (Å²) in [6.07, 6.45) is 0. The van der Waals surface area contributed by atoms with E-state index < -0.39 is 5.41 Å². The van der Waals surface area contributed by atoms with Gasteiger partial charge in [-0.15, -0.1) is 0 Å². The van der Waals surface area contributed by atoms with E-state index in [2.05, 4.69) is 4.98 Å². The molecule has 2 aromatic carbocycles. The van der Waals surface area contributed by atoms with Crippen LogP contribution in [0.1, 0.15) is 25.2 Å². The quantitative estimate of drug-likeness (QED) is 0.426. The second kappa shape index (κ2) is 8.25. The van der Waals surface area contributed by atoms with Gasteiger partial charge in [0.05, 0.1) is 11.4 Å². The molecule has 5 heteroatoms. The summed E-state index contributed by atoms with van der Waals surface area (Å²) in [5, 5.41) is 9.95. The monoisotopic (exact) mass is 398 g/mol. The number of aromatic hydroxyl groups is 1. The van der Waals surface area contributed by atoms with Crippen LogP contribution in [0.25, 0.3) is 0 Å². The molecule has 0 radical (unpaired) electrons. The first-order valence-electron chi connectivity index (χ1n) is 9.66. The fraction of sp³-hybridized carbons (Fsp3) is 0.120. The molecule has 4 rings (SSSR count). The Bertz CT molecular complexity index is 1140. The van der Waals surface area contributed by atoms with Crippen LogP contribution in [0.3, 0.4) is 0 Å². The molecule has 0 fully saturated rings. The van der Waals surface area contributed by atoms with Crippen LogP contribution >= 0.6 is 0 Å². The van der Waals surface area contributed by atoms with E-state index in [1.807, 2.05) is 74.5 Å². The summed E-state index contributed by atoms with van der Waals surface area (Å²) in [5.41, 5.74) is 1.12. The van der Waals surface area contributed by atoms with Crippen LogP contribution in [0.15, 0.2) is 91.0 Å². The van der Waals surface area contributed by atoms with Crippen LogP contribution in [0, 0.1) is 0 Å². The normalized spacial score (nSPS) is 11.1. The smallest absolute Gasteiger partial charge is 0.219 e. The van der Waals surface area contributed by atoms with Crippen molar-refractivity contribution >= 4 is 0 Å². The number of pyridine rings is 2. The number of rotatable bonds is 6. The number of phenolic OH excluding ortho intramolecular Hbond substituents is 1. The van der Waals surface area contributed by atoms with Crippen molar-refractivity contribution in [3.05, 3.63) is 102 Å². The van der Waals surface area contributed by atoms with Crippen molar-refractivity contribution in [2.24, 2.45) is 0 Å². The Morgan fingerprint density at radius 3 is 1.83 bits per heavy atom. The Hall–Kier alpha value is -3.86. The Labute approximate surface area is 175 Å². The van der Waals surface area contributed by atoms with Gasteiger partial charge in [-0.1, -0.05) is 42.5 Å². The van der Waals surface area contributed by atoms with Crippen molar-refractivity contribution in [3.63, 3.8) is 0 Å². The second-order valence-corrected chi connectivity index (χ2v) is 7.33. The van der Waals surface area contributed by atoms with E-state index >= 15 is 0 Å². The lowest BCUT2D eigenvalue weighted by atomic mass is 9.84. The number of benzene rings is 2. The van der Waals surface area contributed by atoms with Crippen LogP contribution < -0.4 is 9.47 Å². The molecule has 0 unspecified atom stereocenters. The van der Waals surface area contributed by atoms with E-state index in [4.69, 9.17) is 14.5 Å². The first kappa shape index (κ1) is 19.5. The summed E-state index contributed by atoms with van der Waals surface area (Å²) >= 11 is 0. The van der Waals surface area contributed by atoms with Gasteiger partial charge in [-0.2, -0.15) is 0 Å². The number of ether oxygens (including phenoxy) is 2. The zero-order valence-electron chi connectivity index (χ0n) is 16.8. The van der Waals surface area contributed by atoms with Gasteiger partial charge in [0, 0.05) is 17.5 Å². The molecule has 0 saturated heterocycles. The van der Waals surface area contributed by atoms with Gasteiger partial charge in [0.15, 0.2) is 11.5 Å². The van der Waals surface area contributed by atoms with Crippen molar-refractivity contribution in [1.29, 1.82) is 0 Å². The lowest BCUT2D eigenvalue weighted by Gasteiger charge is -2.24. The minimum Gasteiger partial charge on any atom is -0.504 e. The van der Waals surface area contributed by atoms with Crippen molar-refractivity contribution in [2.75, 3.05) is 0 Å². The van der Waals surface area contributed by atoms with Crippen molar-refractivity contribution < 1.29 is 14.6 Å². The van der Waals surface area contributed by atoms with Gasteiger partial charge in [0.25, 0.3) is 0 Å². The maximum atomic E-state index is 9.95. The summed E-state index contributed by atoms with van der Waals surface area (Å²) in [7, 11) is 0. The summed E-state index contributed by atoms with van der Waals surface area (Å²) in [5.74, 6) is 2.08. The number of hydrogen-bond acceptors (Lipinski definition) is 5. The molecule has 2 aromatic heterocycles. The average Bonchev–Trinajstić information content (AvgIpc) is 2.76. The molecule has 150 valence electrons. The average molecular weight is 398 g/mol. The van der Waals surface area contributed by atoms with Gasteiger partial charge < -0.3 is 14.6 Å². The molecular weight excluding hydrogens is 376 g/mol. The number of para-hydroxylation sites is 3. The predicted molar refractivity (Wildman–Crippen MR) is 115 cm³/mol. The number of aromatic nitrogens is 2. The maximum Gasteiger partial charge on any atom is 0.219 e. The Kier molecular flexibility index (Phi) is 5.35. The van der Waals surface area contributed by atoms with Crippen molar-refractivity contribution in [3.8, 4) is 29.0 Å². The molecule has 0 aliphatic heterocycles. The fourth-order valence-corrected chi connectivity index (χ4v) is 3.04. The highest BCUT2D eigenvalue weighted by atomic mass is 16.5. The topological polar surface area (TPSA) is 64.5 Å². The highest BCUT2D eigenvalue weighted by Gasteiger charge is 2.27. The van der Waals surface area contributed by atoms with Crippen molar-refractivity contribution in [2.45, 2.75) is 19.3 Å². The highest BCUT2D eigenvalue weighted by Crippen LogP contribution is 2.34. The zero-order valence-corrected chi connectivity index (χ0v) is 16.8. The maximum absolute atomic E-state index is 9.95. The summed E-state index contributed by atoms with van der Waals surface area (Å²) < 4.78 is 11.7. The summed E-state index contributed by atoms with van der Waals surface area (Å²) in [4.78, 5) is 9.36. The van der Waals surface area contributed by atoms with Gasteiger partial charge in [-0.3, -0.25) is 0 Å². The largest absolute Gasteiger partial charge is 0.504 e. The summed E-state index contributed by atoms with van der Waals surface area (Å²) in [6.45, 7) is 4.10. The zero-order chi connectivity index (χ0) is 21.0. The molecule has 0 spiro atoms. The Morgan fingerprint density at radius 1 is 0.633 bits per heavy atom. The molecule has 30 heavy (non-hydrogen) atoms. The van der Waals surface area contributed by atoms with E-state index in [9.17, 15) is 5.11 Å². The molecule has 2 heterocycles. The number of nitrogens with zero attached hydrogens (tertiary/aromatic N) is 2. The molecule has 5 nitrogen and oxygen atoms in total. The van der Waals surface area contributed by atoms with E-state index in [1.165, 1.54) is 0 Å². The lowest BCUT2D eigenvalue weighted by molar-refractivity contribution is 0.399.